The molecule has 0 aromatic rings. The van der Waals surface area contributed by atoms with E-state index in [1.807, 2.05) is 0 Å². The summed E-state index contributed by atoms with van der Waals surface area (Å²) in [6, 6.07) is 0. The minimum atomic E-state index is -4.39. The molecule has 384 valence electrons. The maximum Gasteiger partial charge on any atom is 0.305 e. The average molecular weight is 954 g/mol. The maximum absolute atomic E-state index is 12.3. The lowest BCUT2D eigenvalue weighted by molar-refractivity contribution is -0.898. The van der Waals surface area contributed by atoms with Crippen LogP contribution in [0.4, 0.5) is 0 Å². The van der Waals surface area contributed by atoms with Crippen molar-refractivity contribution >= 4 is 22.1 Å². The van der Waals surface area contributed by atoms with Crippen LogP contribution in [0, 0.1) is 53.3 Å². The van der Waals surface area contributed by atoms with Crippen molar-refractivity contribution in [3.05, 3.63) is 0 Å². The minimum Gasteiger partial charge on any atom is -0.748 e. The number of hydrogen-bond acceptors (Lipinski definition) is 7. The van der Waals surface area contributed by atoms with Gasteiger partial charge in [0.2, 0.25) is 0 Å². The van der Waals surface area contributed by atoms with Crippen LogP contribution in [0.25, 0.3) is 0 Å². The summed E-state index contributed by atoms with van der Waals surface area (Å²) in [4.78, 5) is 25.4. The number of rotatable bonds is 46. The Hall–Kier alpha value is -2.95. The Morgan fingerprint density at radius 3 is 1.16 bits per heavy atom. The normalized spacial score (nSPS) is 11.8. The van der Waals surface area contributed by atoms with Gasteiger partial charge in [-0.1, -0.05) is 218 Å². The lowest BCUT2D eigenvalue weighted by Gasteiger charge is -2.20. The Bertz CT molecular complexity index is 1530. The maximum atomic E-state index is 12.3. The molecule has 0 spiro atoms. The zero-order valence-corrected chi connectivity index (χ0v) is 44.3. The summed E-state index contributed by atoms with van der Waals surface area (Å²) in [7, 11) is -4.39. The van der Waals surface area contributed by atoms with Gasteiger partial charge < -0.3 is 18.9 Å². The van der Waals surface area contributed by atoms with E-state index in [4.69, 9.17) is 9.47 Å². The molecule has 0 aliphatic rings. The molecule has 2 atom stereocenters. The molecule has 0 saturated carbocycles. The van der Waals surface area contributed by atoms with Gasteiger partial charge in [0, 0.05) is 38.0 Å². The molecule has 0 aliphatic carbocycles. The number of carbonyl (C=O) groups excluding carboxylic acids is 2. The van der Waals surface area contributed by atoms with Gasteiger partial charge in [0.25, 0.3) is 0 Å². The highest BCUT2D eigenvalue weighted by atomic mass is 32.2. The van der Waals surface area contributed by atoms with Crippen molar-refractivity contribution < 1.29 is 36.9 Å². The molecule has 67 heavy (non-hydrogen) atoms. The Morgan fingerprint density at radius 2 is 0.791 bits per heavy atom. The summed E-state index contributed by atoms with van der Waals surface area (Å²) in [6.07, 6.45) is 43.6. The zero-order chi connectivity index (χ0) is 49.0. The van der Waals surface area contributed by atoms with E-state index in [-0.39, 0.29) is 31.7 Å². The first kappa shape index (κ1) is 64.0. The molecule has 0 radical (unpaired) electrons. The van der Waals surface area contributed by atoms with Crippen molar-refractivity contribution in [2.45, 2.75) is 265 Å². The van der Waals surface area contributed by atoms with Crippen LogP contribution in [-0.2, 0) is 29.2 Å². The van der Waals surface area contributed by atoms with Crippen LogP contribution in [0.15, 0.2) is 0 Å². The van der Waals surface area contributed by atoms with E-state index in [0.717, 1.165) is 108 Å². The lowest BCUT2D eigenvalue weighted by Crippen LogP contribution is -3.13. The first-order valence-corrected chi connectivity index (χ1v) is 29.3. The highest BCUT2D eigenvalue weighted by Gasteiger charge is 2.14. The number of unbranched alkanes of at least 4 members (excludes halogenated alkanes) is 31. The van der Waals surface area contributed by atoms with Crippen molar-refractivity contribution in [3.63, 3.8) is 0 Å². The van der Waals surface area contributed by atoms with Crippen LogP contribution >= 0.6 is 0 Å². The molecule has 0 aromatic heterocycles. The van der Waals surface area contributed by atoms with E-state index in [2.05, 4.69) is 68.1 Å². The second-order valence-electron chi connectivity index (χ2n) is 18.9. The fraction of sp³-hybridized carbons (Fsp3) is 0.828. The Kier molecular flexibility index (Phi) is 48.7. The highest BCUT2D eigenvalue weighted by Crippen LogP contribution is 2.15. The van der Waals surface area contributed by atoms with Crippen LogP contribution in [0.3, 0.4) is 0 Å². The van der Waals surface area contributed by atoms with Gasteiger partial charge in [-0.3, -0.25) is 9.59 Å². The summed E-state index contributed by atoms with van der Waals surface area (Å²) in [6.45, 7) is 7.71. The summed E-state index contributed by atoms with van der Waals surface area (Å²) in [5, 5.41) is 0. The smallest absolute Gasteiger partial charge is 0.305 e. The Labute approximate surface area is 413 Å². The average Bonchev–Trinajstić information content (AvgIpc) is 3.30. The number of ether oxygens (including phenoxy) is 2. The summed E-state index contributed by atoms with van der Waals surface area (Å²) < 4.78 is 44.7. The SMILES string of the molecule is CCCCCCCCCCCCCC#CC#CCCCCCCCCC(=O)OCC[NH+](CCOC(=O)CCCCCCCCC#CC#CC(C)CCCCCCCCCCC)CCS(=O)(=O)[O-]. The zero-order valence-electron chi connectivity index (χ0n) is 43.5. The van der Waals surface area contributed by atoms with Gasteiger partial charge in [-0.05, 0) is 62.2 Å². The molecular formula is C58H99NO7S. The van der Waals surface area contributed by atoms with E-state index in [1.165, 1.54) is 128 Å². The summed E-state index contributed by atoms with van der Waals surface area (Å²) in [5.74, 6) is 24.3. The van der Waals surface area contributed by atoms with Crippen LogP contribution in [0.1, 0.15) is 265 Å². The molecule has 0 fully saturated rings. The number of nitrogens with one attached hydrogen (secondary N) is 1. The van der Waals surface area contributed by atoms with Gasteiger partial charge in [0.15, 0.2) is 0 Å². The summed E-state index contributed by atoms with van der Waals surface area (Å²) >= 11 is 0. The third-order valence-electron chi connectivity index (χ3n) is 12.4. The van der Waals surface area contributed by atoms with E-state index >= 15 is 0 Å². The minimum absolute atomic E-state index is 0.0665. The highest BCUT2D eigenvalue weighted by molar-refractivity contribution is 7.85. The van der Waals surface area contributed by atoms with Gasteiger partial charge in [-0.15, -0.1) is 0 Å². The van der Waals surface area contributed by atoms with Crippen LogP contribution < -0.4 is 4.90 Å². The van der Waals surface area contributed by atoms with E-state index < -0.39 is 15.9 Å². The number of esters is 2. The quantitative estimate of drug-likeness (QED) is 0.0280. The molecule has 9 heteroatoms. The summed E-state index contributed by atoms with van der Waals surface area (Å²) in [5.41, 5.74) is 0. The molecule has 0 rings (SSSR count). The third kappa shape index (κ3) is 53.9. The number of quaternary nitrogens is 1. The Morgan fingerprint density at radius 1 is 0.463 bits per heavy atom. The molecule has 0 aliphatic heterocycles. The van der Waals surface area contributed by atoms with Crippen molar-refractivity contribution in [1.29, 1.82) is 0 Å². The second kappa shape index (κ2) is 50.9. The molecule has 2 unspecified atom stereocenters. The molecule has 0 bridgehead atoms. The molecule has 8 nitrogen and oxygen atoms in total. The van der Waals surface area contributed by atoms with Gasteiger partial charge in [0.1, 0.15) is 36.4 Å². The van der Waals surface area contributed by atoms with Crippen molar-refractivity contribution in [3.8, 4) is 47.4 Å². The largest absolute Gasteiger partial charge is 0.748 e. The van der Waals surface area contributed by atoms with Crippen LogP contribution in [0.2, 0.25) is 0 Å². The van der Waals surface area contributed by atoms with Gasteiger partial charge in [-0.25, -0.2) is 8.42 Å². The number of carbonyl (C=O) groups is 2. The standard InChI is InChI=1S/C58H99NO7S/c1-4-6-8-10-12-14-15-16-17-18-19-20-21-22-23-24-25-26-27-32-36-40-44-48-57(60)65-53-50-59(52-55-67(62,63)64)51-54-66-58(61)49-45-41-37-33-29-28-31-35-39-43-47-56(3)46-42-38-34-30-13-11-9-7-5-2/h56H,4-20,25-34,36-38,40-42,44-46,48-55H2,1-3H3,(H,62,63,64). The fourth-order valence-corrected chi connectivity index (χ4v) is 8.52. The fourth-order valence-electron chi connectivity index (χ4n) is 7.98. The third-order valence-corrected chi connectivity index (χ3v) is 13.1. The van der Waals surface area contributed by atoms with Crippen molar-refractivity contribution in [1.82, 2.24) is 0 Å². The first-order chi connectivity index (χ1) is 32.7. The van der Waals surface area contributed by atoms with E-state index in [9.17, 15) is 22.6 Å². The predicted octanol–water partition coefficient (Wildman–Crippen LogP) is 13.0. The molecule has 0 heterocycles. The van der Waals surface area contributed by atoms with Crippen molar-refractivity contribution in [2.24, 2.45) is 5.92 Å². The molecule has 0 amide bonds. The van der Waals surface area contributed by atoms with Crippen LogP contribution in [-0.4, -0.2) is 63.5 Å². The predicted molar refractivity (Wildman–Crippen MR) is 279 cm³/mol. The van der Waals surface area contributed by atoms with Gasteiger partial charge >= 0.3 is 11.9 Å². The molecule has 0 saturated heterocycles. The van der Waals surface area contributed by atoms with E-state index in [1.54, 1.807) is 0 Å². The first-order valence-electron chi connectivity index (χ1n) is 27.7. The van der Waals surface area contributed by atoms with Gasteiger partial charge in [0.05, 0.1) is 12.3 Å². The molecule has 0 aromatic carbocycles. The van der Waals surface area contributed by atoms with E-state index in [0.29, 0.717) is 31.8 Å². The van der Waals surface area contributed by atoms with Crippen LogP contribution in [0.5, 0.6) is 0 Å². The van der Waals surface area contributed by atoms with Gasteiger partial charge in [-0.2, -0.15) is 0 Å². The molecular weight excluding hydrogens is 855 g/mol. The second-order valence-corrected chi connectivity index (χ2v) is 20.4. The monoisotopic (exact) mass is 954 g/mol. The topological polar surface area (TPSA) is 114 Å². The molecule has 1 N–H and O–H groups in total. The Balaban J connectivity index is 3.91. The lowest BCUT2D eigenvalue weighted by atomic mass is 10.0. The number of hydrogen-bond donors (Lipinski definition) is 1. The van der Waals surface area contributed by atoms with Crippen molar-refractivity contribution in [2.75, 3.05) is 38.6 Å².